The molecule has 1 N–H and O–H groups in total. The van der Waals surface area contributed by atoms with Crippen molar-refractivity contribution in [3.8, 4) is 0 Å². The van der Waals surface area contributed by atoms with Crippen molar-refractivity contribution in [2.45, 2.75) is 50.6 Å². The van der Waals surface area contributed by atoms with Crippen molar-refractivity contribution >= 4 is 0 Å². The molecule has 20 heavy (non-hydrogen) atoms. The lowest BCUT2D eigenvalue weighted by Crippen LogP contribution is -2.58. The van der Waals surface area contributed by atoms with E-state index < -0.39 is 0 Å². The number of nitrogens with zero attached hydrogens (tertiary/aromatic N) is 1. The van der Waals surface area contributed by atoms with Gasteiger partial charge >= 0.3 is 0 Å². The van der Waals surface area contributed by atoms with Crippen LogP contribution >= 0.6 is 0 Å². The van der Waals surface area contributed by atoms with Gasteiger partial charge in [0.1, 0.15) is 5.82 Å². The molecule has 0 aromatic heterocycles. The first-order chi connectivity index (χ1) is 9.60. The molecule has 0 radical (unpaired) electrons. The van der Waals surface area contributed by atoms with Gasteiger partial charge in [0.15, 0.2) is 0 Å². The lowest BCUT2D eigenvalue weighted by molar-refractivity contribution is 0.105. The van der Waals surface area contributed by atoms with E-state index in [-0.39, 0.29) is 11.4 Å². The van der Waals surface area contributed by atoms with Crippen LogP contribution in [0.3, 0.4) is 0 Å². The number of benzene rings is 1. The third kappa shape index (κ3) is 3.04. The topological polar surface area (TPSA) is 15.3 Å². The Kier molecular flexibility index (Phi) is 5.17. The predicted molar refractivity (Wildman–Crippen MR) is 82.5 cm³/mol. The number of nitrogens with one attached hydrogen (secondary N) is 1. The zero-order valence-electron chi connectivity index (χ0n) is 13.0. The fourth-order valence-electron chi connectivity index (χ4n) is 3.68. The zero-order chi connectivity index (χ0) is 14.6. The lowest BCUT2D eigenvalue weighted by atomic mass is 9.83. The minimum atomic E-state index is -0.0812. The maximum absolute atomic E-state index is 14.0. The van der Waals surface area contributed by atoms with Crippen molar-refractivity contribution in [3.05, 3.63) is 35.6 Å². The molecule has 1 aromatic carbocycles. The molecule has 1 unspecified atom stereocenters. The number of rotatable bonds is 6. The fourth-order valence-corrected chi connectivity index (χ4v) is 3.68. The number of halogens is 1. The summed E-state index contributed by atoms with van der Waals surface area (Å²) in [7, 11) is 4.33. The second-order valence-corrected chi connectivity index (χ2v) is 6.11. The third-order valence-electron chi connectivity index (χ3n) is 4.84. The van der Waals surface area contributed by atoms with Crippen LogP contribution in [0.2, 0.25) is 0 Å². The number of hydrogen-bond donors (Lipinski definition) is 1. The van der Waals surface area contributed by atoms with Gasteiger partial charge in [0.05, 0.1) is 0 Å². The Labute approximate surface area is 122 Å². The lowest BCUT2D eigenvalue weighted by Gasteiger charge is -2.44. The van der Waals surface area contributed by atoms with E-state index in [0.29, 0.717) is 6.04 Å². The molecular weight excluding hydrogens is 251 g/mol. The van der Waals surface area contributed by atoms with Crippen LogP contribution in [0.25, 0.3) is 0 Å². The highest BCUT2D eigenvalue weighted by Gasteiger charge is 2.42. The second-order valence-electron chi connectivity index (χ2n) is 6.11. The molecule has 2 nitrogen and oxygen atoms in total. The van der Waals surface area contributed by atoms with E-state index in [0.717, 1.165) is 18.5 Å². The van der Waals surface area contributed by atoms with E-state index in [1.54, 1.807) is 12.1 Å². The molecule has 0 heterocycles. The third-order valence-corrected chi connectivity index (χ3v) is 4.84. The van der Waals surface area contributed by atoms with Gasteiger partial charge in [-0.25, -0.2) is 4.39 Å². The van der Waals surface area contributed by atoms with Crippen LogP contribution in [-0.2, 0) is 6.42 Å². The molecular formula is C17H27FN2. The van der Waals surface area contributed by atoms with Crippen LogP contribution in [-0.4, -0.2) is 37.1 Å². The highest BCUT2D eigenvalue weighted by Crippen LogP contribution is 2.38. The van der Waals surface area contributed by atoms with Gasteiger partial charge in [0.25, 0.3) is 0 Å². The van der Waals surface area contributed by atoms with E-state index in [9.17, 15) is 4.39 Å². The summed E-state index contributed by atoms with van der Waals surface area (Å²) in [4.78, 5) is 2.36. The van der Waals surface area contributed by atoms with Crippen molar-refractivity contribution in [1.82, 2.24) is 10.2 Å². The molecule has 3 heteroatoms. The first kappa shape index (κ1) is 15.5. The molecule has 112 valence electrons. The smallest absolute Gasteiger partial charge is 0.126 e. The molecule has 1 atom stereocenters. The molecule has 1 aliphatic carbocycles. The van der Waals surface area contributed by atoms with Crippen molar-refractivity contribution in [1.29, 1.82) is 0 Å². The summed E-state index contributed by atoms with van der Waals surface area (Å²) < 4.78 is 14.0. The van der Waals surface area contributed by atoms with Gasteiger partial charge in [-0.3, -0.25) is 0 Å². The Hall–Kier alpha value is -0.930. The van der Waals surface area contributed by atoms with Gasteiger partial charge in [0.2, 0.25) is 0 Å². The molecule has 1 fully saturated rings. The Morgan fingerprint density at radius 3 is 2.45 bits per heavy atom. The molecule has 1 saturated carbocycles. The van der Waals surface area contributed by atoms with Crippen LogP contribution in [0.4, 0.5) is 4.39 Å². The van der Waals surface area contributed by atoms with Crippen LogP contribution in [0.15, 0.2) is 24.3 Å². The Bertz CT molecular complexity index is 425. The van der Waals surface area contributed by atoms with E-state index in [1.807, 2.05) is 12.1 Å². The van der Waals surface area contributed by atoms with Crippen molar-refractivity contribution in [2.24, 2.45) is 0 Å². The van der Waals surface area contributed by atoms with Crippen molar-refractivity contribution in [3.63, 3.8) is 0 Å². The highest BCUT2D eigenvalue weighted by atomic mass is 19.1. The summed E-state index contributed by atoms with van der Waals surface area (Å²) in [6.07, 6.45) is 5.71. The van der Waals surface area contributed by atoms with Crippen LogP contribution in [0, 0.1) is 5.82 Å². The Morgan fingerprint density at radius 1 is 1.25 bits per heavy atom. The summed E-state index contributed by atoms with van der Waals surface area (Å²) in [6, 6.07) is 7.48. The monoisotopic (exact) mass is 278 g/mol. The van der Waals surface area contributed by atoms with Crippen LogP contribution < -0.4 is 5.32 Å². The predicted octanol–water partition coefficient (Wildman–Crippen LogP) is 3.22. The van der Waals surface area contributed by atoms with E-state index in [2.05, 4.69) is 31.2 Å². The quantitative estimate of drug-likeness (QED) is 0.859. The largest absolute Gasteiger partial charge is 0.312 e. The van der Waals surface area contributed by atoms with Gasteiger partial charge in [-0.05, 0) is 51.5 Å². The molecule has 0 saturated heterocycles. The minimum absolute atomic E-state index is 0.0812. The van der Waals surface area contributed by atoms with E-state index >= 15 is 0 Å². The van der Waals surface area contributed by atoms with Gasteiger partial charge in [-0.1, -0.05) is 38.0 Å². The van der Waals surface area contributed by atoms with Crippen LogP contribution in [0.5, 0.6) is 0 Å². The summed E-state index contributed by atoms with van der Waals surface area (Å²) in [6.45, 7) is 3.06. The minimum Gasteiger partial charge on any atom is -0.312 e. The van der Waals surface area contributed by atoms with Crippen molar-refractivity contribution in [2.75, 3.05) is 20.6 Å². The number of hydrogen-bond acceptors (Lipinski definition) is 2. The summed E-state index contributed by atoms with van der Waals surface area (Å²) in [5, 5.41) is 3.61. The molecule has 1 aliphatic rings. The molecule has 0 aliphatic heterocycles. The molecule has 0 amide bonds. The Morgan fingerprint density at radius 2 is 1.90 bits per heavy atom. The van der Waals surface area contributed by atoms with Crippen molar-refractivity contribution < 1.29 is 4.39 Å². The van der Waals surface area contributed by atoms with Gasteiger partial charge in [0, 0.05) is 11.6 Å². The summed E-state index contributed by atoms with van der Waals surface area (Å²) >= 11 is 0. The fraction of sp³-hybridized carbons (Fsp3) is 0.647. The number of likely N-dealkylation sites (N-methyl/N-ethyl adjacent to an activating group) is 2. The molecule has 1 aromatic rings. The first-order valence-corrected chi connectivity index (χ1v) is 7.74. The zero-order valence-corrected chi connectivity index (χ0v) is 13.0. The maximum atomic E-state index is 14.0. The van der Waals surface area contributed by atoms with Crippen LogP contribution in [0.1, 0.15) is 38.2 Å². The van der Waals surface area contributed by atoms with E-state index in [1.165, 1.54) is 25.7 Å². The van der Waals surface area contributed by atoms with Gasteiger partial charge in [-0.15, -0.1) is 0 Å². The normalized spacial score (nSPS) is 19.4. The average molecular weight is 278 g/mol. The molecule has 2 rings (SSSR count). The van der Waals surface area contributed by atoms with E-state index in [4.69, 9.17) is 0 Å². The highest BCUT2D eigenvalue weighted by molar-refractivity contribution is 5.20. The molecule has 0 bridgehead atoms. The first-order valence-electron chi connectivity index (χ1n) is 7.74. The SMILES string of the molecule is CCNC(Cc1ccccc1F)C1(N(C)C)CCCC1. The maximum Gasteiger partial charge on any atom is 0.126 e. The molecule has 0 spiro atoms. The standard InChI is InChI=1S/C17H27FN2/c1-4-19-16(13-14-9-5-6-10-15(14)18)17(20(2)3)11-7-8-12-17/h5-6,9-10,16,19H,4,7-8,11-13H2,1-3H3. The van der Waals surface area contributed by atoms with Gasteiger partial charge in [-0.2, -0.15) is 0 Å². The summed E-state index contributed by atoms with van der Waals surface area (Å²) in [5.41, 5.74) is 0.991. The second kappa shape index (κ2) is 6.68. The summed E-state index contributed by atoms with van der Waals surface area (Å²) in [5.74, 6) is -0.0812. The van der Waals surface area contributed by atoms with Gasteiger partial charge < -0.3 is 10.2 Å². The average Bonchev–Trinajstić information content (AvgIpc) is 2.91. The Balaban J connectivity index is 2.24.